The summed E-state index contributed by atoms with van der Waals surface area (Å²) in [7, 11) is -2.72. The molecule has 252 valence electrons. The predicted molar refractivity (Wildman–Crippen MR) is 222 cm³/mol. The topological polar surface area (TPSA) is 0 Å². The monoisotopic (exact) mass is 836 g/mol. The van der Waals surface area contributed by atoms with E-state index in [1.165, 1.54) is 63.2 Å². The molecule has 2 atom stereocenters. The van der Waals surface area contributed by atoms with E-state index in [4.69, 9.17) is 4.26 Å². The molecule has 0 nitrogen and oxygen atoms in total. The van der Waals surface area contributed by atoms with Crippen molar-refractivity contribution < 1.29 is 15.1 Å². The van der Waals surface area contributed by atoms with Gasteiger partial charge in [-0.15, -0.1) is 0 Å². The zero-order valence-electron chi connectivity index (χ0n) is 31.6. The van der Waals surface area contributed by atoms with Crippen LogP contribution in [0.1, 0.15) is 56.3 Å². The molecule has 0 spiro atoms. The first-order chi connectivity index (χ1) is 22.3. The molecular formula is C45H60HfSi2. The summed E-state index contributed by atoms with van der Waals surface area (Å²) in [6, 6.07) is 33.3. The fourth-order valence-corrected chi connectivity index (χ4v) is 56.1. The van der Waals surface area contributed by atoms with Crippen LogP contribution in [-0.2, 0) is 15.1 Å². The quantitative estimate of drug-likeness (QED) is 0.140. The Bertz CT molecular complexity index is 1940. The van der Waals surface area contributed by atoms with E-state index in [1.807, 2.05) is 0 Å². The van der Waals surface area contributed by atoms with Crippen molar-refractivity contribution in [2.24, 2.45) is 0 Å². The molecule has 6 rings (SSSR count). The van der Waals surface area contributed by atoms with Crippen LogP contribution in [0, 0.1) is 0 Å². The molecule has 0 N–H and O–H groups in total. The molecule has 0 aromatic heterocycles. The molecule has 2 aliphatic carbocycles. The maximum absolute atomic E-state index is 5.89. The Morgan fingerprint density at radius 2 is 0.896 bits per heavy atom. The first-order valence-corrected chi connectivity index (χ1v) is 44.6. The molecule has 0 heterocycles. The van der Waals surface area contributed by atoms with Crippen LogP contribution in [0.15, 0.2) is 97.1 Å². The van der Waals surface area contributed by atoms with Gasteiger partial charge in [0.05, 0.1) is 0 Å². The van der Waals surface area contributed by atoms with Crippen LogP contribution in [0.4, 0.5) is 0 Å². The normalized spacial score (nSPS) is 19.7. The molecule has 4 aromatic carbocycles. The number of hydrogen-bond donors (Lipinski definition) is 0. The summed E-state index contributed by atoms with van der Waals surface area (Å²) in [6.07, 6.45) is 12.5. The van der Waals surface area contributed by atoms with Gasteiger partial charge in [0.2, 0.25) is 0 Å². The van der Waals surface area contributed by atoms with Gasteiger partial charge in [-0.1, -0.05) is 0 Å². The predicted octanol–water partition coefficient (Wildman–Crippen LogP) is 12.9. The third-order valence-corrected chi connectivity index (χ3v) is 62.4. The van der Waals surface area contributed by atoms with Gasteiger partial charge < -0.3 is 0 Å². The van der Waals surface area contributed by atoms with Gasteiger partial charge in [0.25, 0.3) is 0 Å². The molecule has 0 radical (unpaired) electrons. The van der Waals surface area contributed by atoms with E-state index in [0.717, 1.165) is 12.8 Å². The molecule has 0 fully saturated rings. The Balaban J connectivity index is 1.53. The standard InChI is InChI=1S/2C18H19Si.2C3H7.2CH3.CH2.Hf/c2*1-19(2,3)16-12-10-15(11-13-16)18-9-5-7-14-6-4-8-17(14)18;2*1-3-2;;;;/h2*4-13H,1-3H3;2*1,3H2,2H3;2*1H3;1H2;. The van der Waals surface area contributed by atoms with E-state index in [9.17, 15) is 0 Å². The second-order valence-electron chi connectivity index (χ2n) is 20.4. The third kappa shape index (κ3) is 5.33. The van der Waals surface area contributed by atoms with Gasteiger partial charge in [-0.25, -0.2) is 0 Å². The minimum absolute atomic E-state index is 0.325. The van der Waals surface area contributed by atoms with Crippen molar-refractivity contribution in [1.29, 1.82) is 0 Å². The van der Waals surface area contributed by atoms with Crippen molar-refractivity contribution in [1.82, 2.24) is 0 Å². The minimum atomic E-state index is -5.30. The first kappa shape index (κ1) is 35.4. The van der Waals surface area contributed by atoms with Gasteiger partial charge in [-0.2, -0.15) is 0 Å². The van der Waals surface area contributed by atoms with Crippen LogP contribution in [0.2, 0.25) is 57.0 Å². The van der Waals surface area contributed by atoms with Crippen molar-refractivity contribution >= 4 is 42.9 Å². The van der Waals surface area contributed by atoms with Crippen LogP contribution in [-0.4, -0.2) is 20.4 Å². The van der Waals surface area contributed by atoms with Gasteiger partial charge in [0.1, 0.15) is 0 Å². The van der Waals surface area contributed by atoms with Gasteiger partial charge in [-0.05, 0) is 0 Å². The molecule has 0 amide bonds. The van der Waals surface area contributed by atoms with Crippen LogP contribution in [0.25, 0.3) is 34.4 Å². The molecule has 0 bridgehead atoms. The number of allylic oxidation sites excluding steroid dienone is 2. The van der Waals surface area contributed by atoms with E-state index in [0.29, 0.717) is 7.35 Å². The Morgan fingerprint density at radius 3 is 1.21 bits per heavy atom. The molecule has 2 unspecified atom stereocenters. The summed E-state index contributed by atoms with van der Waals surface area (Å²) in [5.74, 6) is 0. The summed E-state index contributed by atoms with van der Waals surface area (Å²) in [6.45, 7) is 19.4. The van der Waals surface area contributed by atoms with E-state index < -0.39 is 31.2 Å². The Kier molecular flexibility index (Phi) is 7.93. The molecule has 2 aliphatic rings. The van der Waals surface area contributed by atoms with Crippen LogP contribution in [0.3, 0.4) is 0 Å². The van der Waals surface area contributed by atoms with Crippen LogP contribution >= 0.6 is 0 Å². The Morgan fingerprint density at radius 1 is 0.542 bits per heavy atom. The summed E-state index contributed by atoms with van der Waals surface area (Å²) < 4.78 is 14.5. The Hall–Kier alpha value is -2.47. The molecule has 3 heteroatoms. The molecule has 0 saturated carbocycles. The van der Waals surface area contributed by atoms with E-state index >= 15 is 0 Å². The van der Waals surface area contributed by atoms with Crippen LogP contribution in [0.5, 0.6) is 0 Å². The molecule has 4 aromatic rings. The summed E-state index contributed by atoms with van der Waals surface area (Å²) in [4.78, 5) is 0. The summed E-state index contributed by atoms with van der Waals surface area (Å²) in [5.41, 5.74) is 11.2. The second-order valence-corrected chi connectivity index (χ2v) is 81.1. The van der Waals surface area contributed by atoms with Crippen LogP contribution < -0.4 is 10.4 Å². The van der Waals surface area contributed by atoms with Gasteiger partial charge in [-0.3, -0.25) is 0 Å². The van der Waals surface area contributed by atoms with Crippen molar-refractivity contribution in [2.45, 2.75) is 91.0 Å². The van der Waals surface area contributed by atoms with Crippen molar-refractivity contribution in [3.8, 4) is 22.3 Å². The SMILES string of the molecule is [CH2]=[Hf]([CH3])([CH3])([CH2]CC)([CH2]CC)([CH]1C=Cc2c(-c3ccc([Si](C)(C)C)cc3)cccc21)[CH]1C=Cc2c(-c3ccc([Si](C)(C)C)cc3)cccc21. The molecular weight excluding hydrogens is 775 g/mol. The number of hydrogen-bond acceptors (Lipinski definition) is 0. The fraction of sp³-hybridized carbons (Fsp3) is 0.356. The molecule has 0 saturated heterocycles. The van der Waals surface area contributed by atoms with Gasteiger partial charge in [0.15, 0.2) is 0 Å². The van der Waals surface area contributed by atoms with Gasteiger partial charge in [0, 0.05) is 0 Å². The average molecular weight is 836 g/mol. The molecule has 48 heavy (non-hydrogen) atoms. The van der Waals surface area contributed by atoms with E-state index in [-0.39, 0.29) is 0 Å². The van der Waals surface area contributed by atoms with Crippen molar-refractivity contribution in [3.63, 3.8) is 0 Å². The average Bonchev–Trinajstić information content (AvgIpc) is 3.68. The maximum atomic E-state index is 5.89. The van der Waals surface area contributed by atoms with E-state index in [1.54, 1.807) is 0 Å². The second kappa shape index (κ2) is 10.8. The first-order valence-electron chi connectivity index (χ1n) is 18.7. The van der Waals surface area contributed by atoms with E-state index in [2.05, 4.69) is 172 Å². The number of rotatable bonds is 10. The number of benzene rings is 4. The fourth-order valence-electron chi connectivity index (χ4n) is 11.1. The van der Waals surface area contributed by atoms with Crippen molar-refractivity contribution in [3.05, 3.63) is 119 Å². The van der Waals surface area contributed by atoms with Gasteiger partial charge >= 0.3 is 291 Å². The third-order valence-electron chi connectivity index (χ3n) is 13.7. The Labute approximate surface area is 288 Å². The number of fused-ring (bicyclic) bond motifs is 2. The zero-order chi connectivity index (χ0) is 34.9. The van der Waals surface area contributed by atoms with Crippen molar-refractivity contribution in [2.75, 3.05) is 0 Å². The summed E-state index contributed by atoms with van der Waals surface area (Å²) in [5, 5.41) is 3.03. The zero-order valence-corrected chi connectivity index (χ0v) is 37.2. The summed E-state index contributed by atoms with van der Waals surface area (Å²) >= 11 is -5.30. The molecule has 0 aliphatic heterocycles.